The van der Waals surface area contributed by atoms with Gasteiger partial charge in [-0.25, -0.2) is 4.39 Å². The van der Waals surface area contributed by atoms with Gasteiger partial charge in [0.25, 0.3) is 0 Å². The number of benzene rings is 1. The van der Waals surface area contributed by atoms with Crippen molar-refractivity contribution in [2.75, 3.05) is 6.54 Å². The molecule has 2 aromatic rings. The maximum Gasteiger partial charge on any atom is 0.123 e. The van der Waals surface area contributed by atoms with Crippen molar-refractivity contribution >= 4 is 11.3 Å². The first-order chi connectivity index (χ1) is 9.29. The number of nitrogens with one attached hydrogen (secondary N) is 1. The van der Waals surface area contributed by atoms with Crippen LogP contribution in [0.3, 0.4) is 0 Å². The second-order valence-electron chi connectivity index (χ2n) is 4.68. The number of halogens is 1. The molecular weight excluding hydrogens is 257 g/mol. The van der Waals surface area contributed by atoms with Gasteiger partial charge in [-0.1, -0.05) is 25.1 Å². The average molecular weight is 277 g/mol. The summed E-state index contributed by atoms with van der Waals surface area (Å²) in [7, 11) is 0. The van der Waals surface area contributed by atoms with Crippen LogP contribution in [0, 0.1) is 5.82 Å². The molecule has 102 valence electrons. The molecule has 0 spiro atoms. The van der Waals surface area contributed by atoms with Gasteiger partial charge >= 0.3 is 0 Å². The Balaban J connectivity index is 2.00. The molecule has 3 heteroatoms. The van der Waals surface area contributed by atoms with Crippen LogP contribution in [0.1, 0.15) is 36.2 Å². The van der Waals surface area contributed by atoms with E-state index in [4.69, 9.17) is 0 Å². The molecule has 1 N–H and O–H groups in total. The van der Waals surface area contributed by atoms with Crippen LogP contribution in [-0.4, -0.2) is 6.54 Å². The third-order valence-corrected chi connectivity index (χ3v) is 4.11. The predicted octanol–water partition coefficient (Wildman–Crippen LogP) is 4.56. The van der Waals surface area contributed by atoms with Crippen molar-refractivity contribution in [3.05, 3.63) is 58.0 Å². The van der Waals surface area contributed by atoms with Crippen LogP contribution in [-0.2, 0) is 6.42 Å². The summed E-state index contributed by atoms with van der Waals surface area (Å²) in [4.78, 5) is 1.41. The van der Waals surface area contributed by atoms with Crippen LogP contribution in [0.5, 0.6) is 0 Å². The number of hydrogen-bond acceptors (Lipinski definition) is 2. The molecule has 1 aromatic heterocycles. The second-order valence-corrected chi connectivity index (χ2v) is 5.71. The topological polar surface area (TPSA) is 12.0 Å². The normalized spacial score (nSPS) is 12.5. The molecule has 0 fully saturated rings. The third-order valence-electron chi connectivity index (χ3n) is 3.17. The Bertz CT molecular complexity index is 464. The molecule has 0 aliphatic carbocycles. The molecule has 0 aliphatic rings. The summed E-state index contributed by atoms with van der Waals surface area (Å²) in [5.74, 6) is -0.170. The van der Waals surface area contributed by atoms with Crippen LogP contribution in [0.2, 0.25) is 0 Å². The fraction of sp³-hybridized carbons (Fsp3) is 0.375. The Hall–Kier alpha value is -1.19. The highest BCUT2D eigenvalue weighted by atomic mass is 32.1. The average Bonchev–Trinajstić information content (AvgIpc) is 2.93. The van der Waals surface area contributed by atoms with Gasteiger partial charge in [-0.2, -0.15) is 0 Å². The van der Waals surface area contributed by atoms with Crippen molar-refractivity contribution in [1.82, 2.24) is 5.32 Å². The van der Waals surface area contributed by atoms with E-state index in [2.05, 4.69) is 29.8 Å². The van der Waals surface area contributed by atoms with Crippen molar-refractivity contribution < 1.29 is 4.39 Å². The Morgan fingerprint density at radius 2 is 2.00 bits per heavy atom. The van der Waals surface area contributed by atoms with Crippen LogP contribution < -0.4 is 5.32 Å². The van der Waals surface area contributed by atoms with Crippen LogP contribution in [0.4, 0.5) is 4.39 Å². The molecule has 0 amide bonds. The highest BCUT2D eigenvalue weighted by Crippen LogP contribution is 2.21. The van der Waals surface area contributed by atoms with E-state index in [9.17, 15) is 4.39 Å². The number of rotatable bonds is 7. The van der Waals surface area contributed by atoms with Gasteiger partial charge in [0.1, 0.15) is 5.82 Å². The Kier molecular flexibility index (Phi) is 5.55. The Morgan fingerprint density at radius 3 is 2.63 bits per heavy atom. The second kappa shape index (κ2) is 7.41. The molecule has 1 nitrogen and oxygen atoms in total. The largest absolute Gasteiger partial charge is 0.310 e. The van der Waals surface area contributed by atoms with Crippen molar-refractivity contribution in [2.24, 2.45) is 0 Å². The minimum atomic E-state index is -0.170. The van der Waals surface area contributed by atoms with Gasteiger partial charge in [-0.15, -0.1) is 11.3 Å². The molecule has 0 bridgehead atoms. The van der Waals surface area contributed by atoms with E-state index in [-0.39, 0.29) is 5.82 Å². The fourth-order valence-electron chi connectivity index (χ4n) is 2.14. The van der Waals surface area contributed by atoms with Gasteiger partial charge in [-0.3, -0.25) is 0 Å². The molecule has 0 radical (unpaired) electrons. The van der Waals surface area contributed by atoms with Gasteiger partial charge < -0.3 is 5.32 Å². The number of hydrogen-bond donors (Lipinski definition) is 1. The SMILES string of the molecule is CCCNC(CCc1cccs1)c1ccc(F)cc1. The molecule has 0 saturated heterocycles. The monoisotopic (exact) mass is 277 g/mol. The summed E-state index contributed by atoms with van der Waals surface area (Å²) in [5.41, 5.74) is 1.17. The Morgan fingerprint density at radius 1 is 1.21 bits per heavy atom. The lowest BCUT2D eigenvalue weighted by Gasteiger charge is -2.18. The van der Waals surface area contributed by atoms with E-state index in [1.165, 1.54) is 10.4 Å². The first kappa shape index (κ1) is 14.2. The van der Waals surface area contributed by atoms with Gasteiger partial charge in [0, 0.05) is 10.9 Å². The molecule has 1 atom stereocenters. The smallest absolute Gasteiger partial charge is 0.123 e. The summed E-state index contributed by atoms with van der Waals surface area (Å²) in [6.07, 6.45) is 3.22. The quantitative estimate of drug-likeness (QED) is 0.782. The van der Waals surface area contributed by atoms with Crippen molar-refractivity contribution in [1.29, 1.82) is 0 Å². The van der Waals surface area contributed by atoms with E-state index in [1.54, 1.807) is 23.5 Å². The lowest BCUT2D eigenvalue weighted by Crippen LogP contribution is -2.22. The molecule has 0 saturated carbocycles. The zero-order chi connectivity index (χ0) is 13.5. The number of thiophene rings is 1. The first-order valence-electron chi connectivity index (χ1n) is 6.81. The van der Waals surface area contributed by atoms with E-state index < -0.39 is 0 Å². The summed E-state index contributed by atoms with van der Waals surface area (Å²) in [5, 5.41) is 5.66. The van der Waals surface area contributed by atoms with Crippen LogP contribution in [0.25, 0.3) is 0 Å². The summed E-state index contributed by atoms with van der Waals surface area (Å²) >= 11 is 1.80. The van der Waals surface area contributed by atoms with Crippen molar-refractivity contribution in [3.8, 4) is 0 Å². The summed E-state index contributed by atoms with van der Waals surface area (Å²) < 4.78 is 13.0. The highest BCUT2D eigenvalue weighted by molar-refractivity contribution is 7.09. The summed E-state index contributed by atoms with van der Waals surface area (Å²) in [6, 6.07) is 11.4. The van der Waals surface area contributed by atoms with E-state index in [1.807, 2.05) is 12.1 Å². The van der Waals surface area contributed by atoms with Crippen LogP contribution >= 0.6 is 11.3 Å². The molecule has 0 aliphatic heterocycles. The predicted molar refractivity (Wildman–Crippen MR) is 80.1 cm³/mol. The molecule has 1 heterocycles. The molecule has 1 aromatic carbocycles. The lowest BCUT2D eigenvalue weighted by atomic mass is 10.0. The molecule has 1 unspecified atom stereocenters. The molecular formula is C16H20FNS. The zero-order valence-corrected chi connectivity index (χ0v) is 12.0. The van der Waals surface area contributed by atoms with Crippen molar-refractivity contribution in [3.63, 3.8) is 0 Å². The van der Waals surface area contributed by atoms with Crippen LogP contribution in [0.15, 0.2) is 41.8 Å². The lowest BCUT2D eigenvalue weighted by molar-refractivity contribution is 0.499. The van der Waals surface area contributed by atoms with E-state index >= 15 is 0 Å². The van der Waals surface area contributed by atoms with E-state index in [0.29, 0.717) is 6.04 Å². The molecule has 19 heavy (non-hydrogen) atoms. The third kappa shape index (κ3) is 4.44. The maximum absolute atomic E-state index is 13.0. The standard InChI is InChI=1S/C16H20FNS/c1-2-11-18-16(10-9-15-4-3-12-19-15)13-5-7-14(17)8-6-13/h3-8,12,16,18H,2,9-11H2,1H3. The summed E-state index contributed by atoms with van der Waals surface area (Å²) in [6.45, 7) is 3.15. The maximum atomic E-state index is 13.0. The zero-order valence-electron chi connectivity index (χ0n) is 11.2. The Labute approximate surface area is 118 Å². The minimum absolute atomic E-state index is 0.170. The van der Waals surface area contributed by atoms with E-state index in [0.717, 1.165) is 25.8 Å². The molecule has 2 rings (SSSR count). The minimum Gasteiger partial charge on any atom is -0.310 e. The fourth-order valence-corrected chi connectivity index (χ4v) is 2.87. The highest BCUT2D eigenvalue weighted by Gasteiger charge is 2.11. The van der Waals surface area contributed by atoms with Crippen molar-refractivity contribution in [2.45, 2.75) is 32.2 Å². The van der Waals surface area contributed by atoms with Gasteiger partial charge in [0.15, 0.2) is 0 Å². The van der Waals surface area contributed by atoms with Gasteiger partial charge in [0.2, 0.25) is 0 Å². The van der Waals surface area contributed by atoms with Gasteiger partial charge in [0.05, 0.1) is 0 Å². The number of aryl methyl sites for hydroxylation is 1. The van der Waals surface area contributed by atoms with Gasteiger partial charge in [-0.05, 0) is 54.9 Å². The first-order valence-corrected chi connectivity index (χ1v) is 7.68.